The van der Waals surface area contributed by atoms with Crippen molar-refractivity contribution in [1.82, 2.24) is 15.1 Å². The first-order valence-electron chi connectivity index (χ1n) is 9.96. The van der Waals surface area contributed by atoms with Gasteiger partial charge in [0.05, 0.1) is 11.1 Å². The van der Waals surface area contributed by atoms with Crippen molar-refractivity contribution in [3.63, 3.8) is 0 Å². The minimum atomic E-state index is 0.000580. The lowest BCUT2D eigenvalue weighted by atomic mass is 9.49. The Morgan fingerprint density at radius 2 is 1.56 bits per heavy atom. The molecule has 0 spiro atoms. The molecule has 1 aromatic heterocycles. The van der Waals surface area contributed by atoms with E-state index in [4.69, 9.17) is 0 Å². The van der Waals surface area contributed by atoms with Crippen molar-refractivity contribution in [3.8, 4) is 0 Å². The lowest BCUT2D eigenvalue weighted by Crippen LogP contribution is -2.58. The summed E-state index contributed by atoms with van der Waals surface area (Å²) in [4.78, 5) is 17.8. The van der Waals surface area contributed by atoms with Crippen LogP contribution in [-0.2, 0) is 4.79 Å². The summed E-state index contributed by atoms with van der Waals surface area (Å²) >= 11 is 0. The molecule has 5 fully saturated rings. The Labute approximate surface area is 149 Å². The van der Waals surface area contributed by atoms with Gasteiger partial charge in [0.25, 0.3) is 0 Å². The smallest absolute Gasteiger partial charge is 0.228 e. The van der Waals surface area contributed by atoms with E-state index in [0.717, 1.165) is 55.4 Å². The standard InChI is InChI=1S/C20H28N4O/c1-14-2-3-18(22-21-14)23-4-6-24(7-5-23)19(25)20-11-15-8-16(12-20)10-17(9-15)13-20/h2-3,15-17H,4-13H2,1H3. The molecule has 5 aliphatic rings. The number of hydrogen-bond donors (Lipinski definition) is 0. The van der Waals surface area contributed by atoms with E-state index in [0.29, 0.717) is 5.91 Å². The van der Waals surface area contributed by atoms with Gasteiger partial charge in [-0.25, -0.2) is 0 Å². The van der Waals surface area contributed by atoms with Crippen LogP contribution >= 0.6 is 0 Å². The van der Waals surface area contributed by atoms with E-state index in [1.54, 1.807) is 0 Å². The molecule has 0 atom stereocenters. The van der Waals surface area contributed by atoms with Crippen molar-refractivity contribution in [2.24, 2.45) is 23.2 Å². The van der Waals surface area contributed by atoms with Crippen molar-refractivity contribution < 1.29 is 4.79 Å². The van der Waals surface area contributed by atoms with Gasteiger partial charge in [0.15, 0.2) is 5.82 Å². The number of carbonyl (C=O) groups is 1. The molecular formula is C20H28N4O. The van der Waals surface area contributed by atoms with Crippen LogP contribution < -0.4 is 4.90 Å². The second-order valence-electron chi connectivity index (χ2n) is 9.01. The second kappa shape index (κ2) is 5.68. The number of nitrogens with zero attached hydrogens (tertiary/aromatic N) is 4. The highest BCUT2D eigenvalue weighted by molar-refractivity contribution is 5.83. The maximum Gasteiger partial charge on any atom is 0.228 e. The number of hydrogen-bond acceptors (Lipinski definition) is 4. The minimum absolute atomic E-state index is 0.000580. The monoisotopic (exact) mass is 340 g/mol. The SMILES string of the molecule is Cc1ccc(N2CCN(C(=O)C34CC5CC(CC(C5)C3)C4)CC2)nn1. The van der Waals surface area contributed by atoms with Gasteiger partial charge in [-0.2, -0.15) is 5.10 Å². The van der Waals surface area contributed by atoms with Gasteiger partial charge in [0.2, 0.25) is 5.91 Å². The molecule has 1 aromatic rings. The first-order valence-corrected chi connectivity index (χ1v) is 9.96. The Kier molecular flexibility index (Phi) is 3.54. The van der Waals surface area contributed by atoms with Crippen LogP contribution in [0, 0.1) is 30.1 Å². The molecule has 134 valence electrons. The van der Waals surface area contributed by atoms with Crippen LogP contribution in [0.4, 0.5) is 5.82 Å². The summed E-state index contributed by atoms with van der Waals surface area (Å²) in [7, 11) is 0. The predicted octanol–water partition coefficient (Wildman–Crippen LogP) is 2.65. The molecule has 25 heavy (non-hydrogen) atoms. The quantitative estimate of drug-likeness (QED) is 0.830. The number of rotatable bonds is 2. The van der Waals surface area contributed by atoms with Crippen LogP contribution in [0.2, 0.25) is 0 Å². The van der Waals surface area contributed by atoms with Gasteiger partial charge in [-0.05, 0) is 75.3 Å². The molecule has 6 rings (SSSR count). The van der Waals surface area contributed by atoms with Crippen LogP contribution in [0.5, 0.6) is 0 Å². The van der Waals surface area contributed by atoms with Crippen LogP contribution in [0.3, 0.4) is 0 Å². The number of aryl methyl sites for hydroxylation is 1. The van der Waals surface area contributed by atoms with Gasteiger partial charge >= 0.3 is 0 Å². The Bertz CT molecular complexity index is 627. The fourth-order valence-corrected chi connectivity index (χ4v) is 6.41. The molecule has 4 saturated carbocycles. The van der Waals surface area contributed by atoms with Crippen molar-refractivity contribution in [1.29, 1.82) is 0 Å². The first-order chi connectivity index (χ1) is 12.1. The molecule has 1 aliphatic heterocycles. The van der Waals surface area contributed by atoms with Crippen LogP contribution in [0.15, 0.2) is 12.1 Å². The minimum Gasteiger partial charge on any atom is -0.352 e. The van der Waals surface area contributed by atoms with Gasteiger partial charge in [0.1, 0.15) is 0 Å². The highest BCUT2D eigenvalue weighted by Gasteiger charge is 2.55. The summed E-state index contributed by atoms with van der Waals surface area (Å²) in [6.07, 6.45) is 7.69. The first kappa shape index (κ1) is 15.6. The van der Waals surface area contributed by atoms with E-state index in [-0.39, 0.29) is 5.41 Å². The van der Waals surface area contributed by atoms with Crippen molar-refractivity contribution >= 4 is 11.7 Å². The molecule has 0 aromatic carbocycles. The molecule has 0 N–H and O–H groups in total. The largest absolute Gasteiger partial charge is 0.352 e. The van der Waals surface area contributed by atoms with E-state index in [1.807, 2.05) is 19.1 Å². The fraction of sp³-hybridized carbons (Fsp3) is 0.750. The van der Waals surface area contributed by atoms with Crippen LogP contribution in [0.25, 0.3) is 0 Å². The molecule has 0 unspecified atom stereocenters. The third-order valence-electron chi connectivity index (χ3n) is 7.17. The molecule has 4 aliphatic carbocycles. The van der Waals surface area contributed by atoms with Crippen LogP contribution in [0.1, 0.15) is 44.2 Å². The Balaban J connectivity index is 1.26. The van der Waals surface area contributed by atoms with Gasteiger partial charge < -0.3 is 9.80 Å². The summed E-state index contributed by atoms with van der Waals surface area (Å²) in [5.41, 5.74) is 0.944. The normalized spacial score (nSPS) is 36.8. The highest BCUT2D eigenvalue weighted by atomic mass is 16.2. The fourth-order valence-electron chi connectivity index (χ4n) is 6.41. The van der Waals surface area contributed by atoms with E-state index in [2.05, 4.69) is 20.0 Å². The van der Waals surface area contributed by atoms with E-state index in [9.17, 15) is 4.79 Å². The zero-order valence-electron chi connectivity index (χ0n) is 15.2. The van der Waals surface area contributed by atoms with Crippen LogP contribution in [-0.4, -0.2) is 47.2 Å². The summed E-state index contributed by atoms with van der Waals surface area (Å²) in [5, 5.41) is 8.46. The molecule has 1 saturated heterocycles. The highest BCUT2D eigenvalue weighted by Crippen LogP contribution is 2.60. The number of amides is 1. The average molecular weight is 340 g/mol. The number of carbonyl (C=O) groups excluding carboxylic acids is 1. The number of piperazine rings is 1. The molecule has 0 radical (unpaired) electrons. The van der Waals surface area contributed by atoms with E-state index in [1.165, 1.54) is 38.5 Å². The lowest BCUT2D eigenvalue weighted by Gasteiger charge is -2.57. The van der Waals surface area contributed by atoms with E-state index >= 15 is 0 Å². The van der Waals surface area contributed by atoms with Gasteiger partial charge in [-0.1, -0.05) is 0 Å². The zero-order chi connectivity index (χ0) is 17.0. The predicted molar refractivity (Wildman–Crippen MR) is 96.2 cm³/mol. The topological polar surface area (TPSA) is 49.3 Å². The van der Waals surface area contributed by atoms with Crippen molar-refractivity contribution in [2.45, 2.75) is 45.4 Å². The number of aromatic nitrogens is 2. The second-order valence-corrected chi connectivity index (χ2v) is 9.01. The molecular weight excluding hydrogens is 312 g/mol. The summed E-state index contributed by atoms with van der Waals surface area (Å²) in [6, 6.07) is 4.05. The van der Waals surface area contributed by atoms with Crippen molar-refractivity contribution in [3.05, 3.63) is 17.8 Å². The Hall–Kier alpha value is -1.65. The molecule has 5 nitrogen and oxygen atoms in total. The Morgan fingerprint density at radius 3 is 2.08 bits per heavy atom. The molecule has 5 heteroatoms. The summed E-state index contributed by atoms with van der Waals surface area (Å²) in [6.45, 7) is 5.36. The Morgan fingerprint density at radius 1 is 0.960 bits per heavy atom. The third kappa shape index (κ3) is 2.63. The maximum atomic E-state index is 13.4. The van der Waals surface area contributed by atoms with Crippen molar-refractivity contribution in [2.75, 3.05) is 31.1 Å². The lowest BCUT2D eigenvalue weighted by molar-refractivity contribution is -0.158. The molecule has 2 heterocycles. The summed E-state index contributed by atoms with van der Waals surface area (Å²) in [5.74, 6) is 3.91. The van der Waals surface area contributed by atoms with Gasteiger partial charge in [-0.15, -0.1) is 5.10 Å². The molecule has 4 bridgehead atoms. The zero-order valence-corrected chi connectivity index (χ0v) is 15.2. The average Bonchev–Trinajstić information content (AvgIpc) is 2.61. The third-order valence-corrected chi connectivity index (χ3v) is 7.17. The van der Waals surface area contributed by atoms with Gasteiger partial charge in [0, 0.05) is 26.2 Å². The van der Waals surface area contributed by atoms with E-state index < -0.39 is 0 Å². The van der Waals surface area contributed by atoms with Gasteiger partial charge in [-0.3, -0.25) is 4.79 Å². The summed E-state index contributed by atoms with van der Waals surface area (Å²) < 4.78 is 0. The molecule has 1 amide bonds. The maximum absolute atomic E-state index is 13.4. The number of anilines is 1.